The zero-order valence-corrected chi connectivity index (χ0v) is 11.1. The summed E-state index contributed by atoms with van der Waals surface area (Å²) < 4.78 is 5.16. The summed E-state index contributed by atoms with van der Waals surface area (Å²) in [5.41, 5.74) is -0.436. The van der Waals surface area contributed by atoms with Crippen LogP contribution in [0.15, 0.2) is 0 Å². The molecule has 0 aliphatic rings. The molecule has 0 saturated heterocycles. The van der Waals surface area contributed by atoms with Gasteiger partial charge in [-0.05, 0) is 13.8 Å². The Morgan fingerprint density at radius 2 is 2.00 bits per heavy atom. The van der Waals surface area contributed by atoms with E-state index >= 15 is 0 Å². The van der Waals surface area contributed by atoms with E-state index in [4.69, 9.17) is 9.84 Å². The number of methoxy groups -OCH3 is 1. The minimum atomic E-state index is -0.915. The molecule has 0 radical (unpaired) electrons. The highest BCUT2D eigenvalue weighted by molar-refractivity contribution is 5.75. The van der Waals surface area contributed by atoms with Gasteiger partial charge >= 0.3 is 12.0 Å². The third-order valence-corrected chi connectivity index (χ3v) is 2.53. The highest BCUT2D eigenvalue weighted by Crippen LogP contribution is 2.05. The summed E-state index contributed by atoms with van der Waals surface area (Å²) in [6.07, 6.45) is 0. The summed E-state index contributed by atoms with van der Waals surface area (Å²) in [6.45, 7) is 5.81. The molecule has 0 heterocycles. The Hall–Kier alpha value is -1.30. The van der Waals surface area contributed by atoms with E-state index in [-0.39, 0.29) is 12.6 Å². The summed E-state index contributed by atoms with van der Waals surface area (Å²) >= 11 is 0. The van der Waals surface area contributed by atoms with Crippen molar-refractivity contribution in [2.24, 2.45) is 5.92 Å². The smallest absolute Gasteiger partial charge is 0.317 e. The standard InChI is InChI=1S/C11H22N2O4/c1-8(9(14)15)6-13(4)10(16)12-7-11(2,3)17-5/h8H,6-7H2,1-5H3,(H,12,16)(H,14,15). The molecular formula is C11H22N2O4. The van der Waals surface area contributed by atoms with Crippen LogP contribution in [0.4, 0.5) is 4.79 Å². The van der Waals surface area contributed by atoms with Gasteiger partial charge in [-0.3, -0.25) is 4.79 Å². The minimum absolute atomic E-state index is 0.175. The molecule has 6 nitrogen and oxygen atoms in total. The average Bonchev–Trinajstić information content (AvgIpc) is 2.25. The number of hydrogen-bond acceptors (Lipinski definition) is 3. The maximum absolute atomic E-state index is 11.6. The number of hydrogen-bond donors (Lipinski definition) is 2. The van der Waals surface area contributed by atoms with Gasteiger partial charge in [-0.15, -0.1) is 0 Å². The number of ether oxygens (including phenoxy) is 1. The van der Waals surface area contributed by atoms with Crippen molar-refractivity contribution >= 4 is 12.0 Å². The number of nitrogens with zero attached hydrogens (tertiary/aromatic N) is 1. The number of carboxylic acids is 1. The number of carbonyl (C=O) groups excluding carboxylic acids is 1. The van der Waals surface area contributed by atoms with Gasteiger partial charge in [-0.1, -0.05) is 6.92 Å². The van der Waals surface area contributed by atoms with E-state index in [0.717, 1.165) is 0 Å². The van der Waals surface area contributed by atoms with E-state index in [1.54, 1.807) is 21.1 Å². The van der Waals surface area contributed by atoms with Gasteiger partial charge in [0.1, 0.15) is 0 Å². The Bertz CT molecular complexity index is 279. The second kappa shape index (κ2) is 6.44. The van der Waals surface area contributed by atoms with Crippen molar-refractivity contribution in [2.75, 3.05) is 27.2 Å². The lowest BCUT2D eigenvalue weighted by Gasteiger charge is -2.26. The third-order valence-electron chi connectivity index (χ3n) is 2.53. The maximum atomic E-state index is 11.6. The largest absolute Gasteiger partial charge is 0.481 e. The van der Waals surface area contributed by atoms with Crippen LogP contribution in [0.2, 0.25) is 0 Å². The normalized spacial score (nSPS) is 13.0. The van der Waals surface area contributed by atoms with E-state index in [1.807, 2.05) is 13.8 Å². The zero-order chi connectivity index (χ0) is 13.6. The quantitative estimate of drug-likeness (QED) is 0.725. The fourth-order valence-corrected chi connectivity index (χ4v) is 1.07. The topological polar surface area (TPSA) is 78.9 Å². The third kappa shape index (κ3) is 6.11. The van der Waals surface area contributed by atoms with Crippen LogP contribution in [0.5, 0.6) is 0 Å². The molecule has 0 saturated carbocycles. The summed E-state index contributed by atoms with van der Waals surface area (Å²) in [4.78, 5) is 23.6. The van der Waals surface area contributed by atoms with Gasteiger partial charge in [0, 0.05) is 27.2 Å². The van der Waals surface area contributed by atoms with Crippen LogP contribution in [0.3, 0.4) is 0 Å². The van der Waals surface area contributed by atoms with Gasteiger partial charge in [-0.25, -0.2) is 4.79 Å². The number of carbonyl (C=O) groups is 2. The molecule has 6 heteroatoms. The van der Waals surface area contributed by atoms with Crippen LogP contribution in [-0.4, -0.2) is 54.9 Å². The molecule has 100 valence electrons. The van der Waals surface area contributed by atoms with Crippen LogP contribution in [0, 0.1) is 5.92 Å². The number of amides is 2. The Balaban J connectivity index is 4.11. The highest BCUT2D eigenvalue weighted by Gasteiger charge is 2.20. The molecule has 1 unspecified atom stereocenters. The van der Waals surface area contributed by atoms with Crippen molar-refractivity contribution in [1.29, 1.82) is 0 Å². The maximum Gasteiger partial charge on any atom is 0.317 e. The van der Waals surface area contributed by atoms with Crippen molar-refractivity contribution in [3.05, 3.63) is 0 Å². The number of nitrogens with one attached hydrogen (secondary N) is 1. The average molecular weight is 246 g/mol. The van der Waals surface area contributed by atoms with Crippen molar-refractivity contribution in [3.63, 3.8) is 0 Å². The van der Waals surface area contributed by atoms with Crippen molar-refractivity contribution in [3.8, 4) is 0 Å². The van der Waals surface area contributed by atoms with Crippen molar-refractivity contribution < 1.29 is 19.4 Å². The van der Waals surface area contributed by atoms with E-state index in [0.29, 0.717) is 6.54 Å². The summed E-state index contributed by atoms with van der Waals surface area (Å²) in [6, 6.07) is -0.303. The fourth-order valence-electron chi connectivity index (χ4n) is 1.07. The number of rotatable bonds is 6. The van der Waals surface area contributed by atoms with Crippen molar-refractivity contribution in [2.45, 2.75) is 26.4 Å². The molecule has 0 rings (SSSR count). The summed E-state index contributed by atoms with van der Waals surface area (Å²) in [5.74, 6) is -1.50. The molecule has 0 aliphatic heterocycles. The number of aliphatic carboxylic acids is 1. The first kappa shape index (κ1) is 15.7. The van der Waals surface area contributed by atoms with Gasteiger partial charge in [-0.2, -0.15) is 0 Å². The molecule has 0 aromatic rings. The predicted octanol–water partition coefficient (Wildman–Crippen LogP) is 0.773. The van der Waals surface area contributed by atoms with Gasteiger partial charge in [0.05, 0.1) is 11.5 Å². The minimum Gasteiger partial charge on any atom is -0.481 e. The molecular weight excluding hydrogens is 224 g/mol. The van der Waals surface area contributed by atoms with Gasteiger partial charge in [0.15, 0.2) is 0 Å². The van der Waals surface area contributed by atoms with Crippen molar-refractivity contribution in [1.82, 2.24) is 10.2 Å². The zero-order valence-electron chi connectivity index (χ0n) is 11.1. The molecule has 2 amide bonds. The molecule has 17 heavy (non-hydrogen) atoms. The Labute approximate surface area is 102 Å². The molecule has 0 aliphatic carbocycles. The van der Waals surface area contributed by atoms with E-state index in [2.05, 4.69) is 5.32 Å². The van der Waals surface area contributed by atoms with Gasteiger partial charge in [0.25, 0.3) is 0 Å². The molecule has 0 bridgehead atoms. The number of carboxylic acid groups (broad SMARTS) is 1. The molecule has 0 spiro atoms. The second-order valence-corrected chi connectivity index (χ2v) is 4.74. The van der Waals surface area contributed by atoms with Crippen LogP contribution in [-0.2, 0) is 9.53 Å². The van der Waals surface area contributed by atoms with Gasteiger partial charge < -0.3 is 20.1 Å². The van der Waals surface area contributed by atoms with E-state index < -0.39 is 17.5 Å². The monoisotopic (exact) mass is 246 g/mol. The molecule has 0 aromatic heterocycles. The highest BCUT2D eigenvalue weighted by atomic mass is 16.5. The predicted molar refractivity (Wildman–Crippen MR) is 63.9 cm³/mol. The fraction of sp³-hybridized carbons (Fsp3) is 0.818. The lowest BCUT2D eigenvalue weighted by Crippen LogP contribution is -2.46. The number of urea groups is 1. The van der Waals surface area contributed by atoms with E-state index in [1.165, 1.54) is 4.90 Å². The molecule has 0 fully saturated rings. The lowest BCUT2D eigenvalue weighted by molar-refractivity contribution is -0.141. The summed E-state index contributed by atoms with van der Waals surface area (Å²) in [5, 5.41) is 11.4. The first-order valence-corrected chi connectivity index (χ1v) is 5.46. The van der Waals surface area contributed by atoms with Crippen LogP contribution >= 0.6 is 0 Å². The lowest BCUT2D eigenvalue weighted by atomic mass is 10.1. The first-order valence-electron chi connectivity index (χ1n) is 5.46. The Kier molecular flexibility index (Phi) is 5.95. The SMILES string of the molecule is COC(C)(C)CNC(=O)N(C)CC(C)C(=O)O. The van der Waals surface area contributed by atoms with Crippen LogP contribution in [0.25, 0.3) is 0 Å². The summed E-state index contributed by atoms with van der Waals surface area (Å²) in [7, 11) is 3.14. The first-order chi connectivity index (χ1) is 7.69. The Morgan fingerprint density at radius 3 is 2.41 bits per heavy atom. The molecule has 0 aromatic carbocycles. The molecule has 2 N–H and O–H groups in total. The van der Waals surface area contributed by atoms with Crippen LogP contribution < -0.4 is 5.32 Å². The second-order valence-electron chi connectivity index (χ2n) is 4.74. The Morgan fingerprint density at radius 1 is 1.47 bits per heavy atom. The van der Waals surface area contributed by atoms with Gasteiger partial charge in [0.2, 0.25) is 0 Å². The van der Waals surface area contributed by atoms with Crippen LogP contribution in [0.1, 0.15) is 20.8 Å². The van der Waals surface area contributed by atoms with E-state index in [9.17, 15) is 9.59 Å². The molecule has 1 atom stereocenters.